The summed E-state index contributed by atoms with van der Waals surface area (Å²) in [5.74, 6) is -0.119. The van der Waals surface area contributed by atoms with Crippen molar-refractivity contribution in [1.82, 2.24) is 10.2 Å². The number of nitrogens with zero attached hydrogens (tertiary/aromatic N) is 1. The van der Waals surface area contributed by atoms with E-state index in [1.165, 1.54) is 6.92 Å². The van der Waals surface area contributed by atoms with Crippen LogP contribution in [0.4, 0.5) is 0 Å². The largest absolute Gasteiger partial charge is 0.482 e. The summed E-state index contributed by atoms with van der Waals surface area (Å²) in [6, 6.07) is 11.3. The van der Waals surface area contributed by atoms with Crippen LogP contribution in [0.5, 0.6) is 11.5 Å². The third-order valence-corrected chi connectivity index (χ3v) is 5.27. The van der Waals surface area contributed by atoms with Gasteiger partial charge in [0.1, 0.15) is 11.5 Å². The highest BCUT2D eigenvalue weighted by Gasteiger charge is 2.25. The molecule has 1 aliphatic rings. The van der Waals surface area contributed by atoms with Gasteiger partial charge in [0.05, 0.1) is 5.02 Å². The fourth-order valence-electron chi connectivity index (χ4n) is 3.27. The number of esters is 1. The second kappa shape index (κ2) is 10.5. The van der Waals surface area contributed by atoms with E-state index in [0.29, 0.717) is 53.0 Å². The van der Waals surface area contributed by atoms with E-state index in [-0.39, 0.29) is 24.5 Å². The number of carbonyl (C=O) groups is 3. The molecule has 1 aliphatic heterocycles. The molecule has 0 unspecified atom stereocenters. The van der Waals surface area contributed by atoms with E-state index in [4.69, 9.17) is 32.7 Å². The van der Waals surface area contributed by atoms with E-state index in [9.17, 15) is 14.4 Å². The molecule has 2 amide bonds. The lowest BCUT2D eigenvalue weighted by atomic mass is 10.0. The molecule has 3 rings (SSSR count). The maximum Gasteiger partial charge on any atom is 0.308 e. The van der Waals surface area contributed by atoms with Gasteiger partial charge in [-0.25, -0.2) is 0 Å². The first-order valence-corrected chi connectivity index (χ1v) is 10.5. The Hall–Kier alpha value is -2.77. The minimum Gasteiger partial charge on any atom is -0.482 e. The Morgan fingerprint density at radius 2 is 1.84 bits per heavy atom. The Kier molecular flexibility index (Phi) is 7.76. The Bertz CT molecular complexity index is 974. The Labute approximate surface area is 190 Å². The molecule has 2 aromatic carbocycles. The fraction of sp³-hybridized carbons (Fsp3) is 0.318. The molecular weight excluding hydrogens is 443 g/mol. The third-order valence-electron chi connectivity index (χ3n) is 4.74. The smallest absolute Gasteiger partial charge is 0.308 e. The standard InChI is InChI=1S/C22H22Cl2N2O5/c1-14(27)31-18-4-2-3-15(11-18)22(29)26-9-7-17(8-10-26)25-21(28)13-30-20-6-5-16(23)12-19(20)24/h2-6,11-12,17H,7-10,13H2,1H3,(H,25,28). The highest BCUT2D eigenvalue weighted by molar-refractivity contribution is 6.35. The molecule has 2 aromatic rings. The molecule has 1 fully saturated rings. The first-order chi connectivity index (χ1) is 14.8. The molecule has 0 radical (unpaired) electrons. The van der Waals surface area contributed by atoms with Crippen LogP contribution in [0.15, 0.2) is 42.5 Å². The molecule has 164 valence electrons. The number of hydrogen-bond donors (Lipinski definition) is 1. The number of amides is 2. The zero-order chi connectivity index (χ0) is 22.4. The quantitative estimate of drug-likeness (QED) is 0.520. The molecule has 0 aliphatic carbocycles. The number of rotatable bonds is 6. The van der Waals surface area contributed by atoms with Crippen molar-refractivity contribution in [2.45, 2.75) is 25.8 Å². The minimum atomic E-state index is -0.441. The van der Waals surface area contributed by atoms with Crippen molar-refractivity contribution in [3.63, 3.8) is 0 Å². The lowest BCUT2D eigenvalue weighted by Crippen LogP contribution is -2.47. The summed E-state index contributed by atoms with van der Waals surface area (Å²) in [5.41, 5.74) is 0.453. The molecular formula is C22H22Cl2N2O5. The van der Waals surface area contributed by atoms with Crippen LogP contribution in [0.1, 0.15) is 30.1 Å². The zero-order valence-electron chi connectivity index (χ0n) is 16.9. The molecule has 9 heteroatoms. The van der Waals surface area contributed by atoms with E-state index in [1.54, 1.807) is 47.4 Å². The lowest BCUT2D eigenvalue weighted by molar-refractivity contribution is -0.132. The van der Waals surface area contributed by atoms with Crippen LogP contribution >= 0.6 is 23.2 Å². The van der Waals surface area contributed by atoms with Gasteiger partial charge in [-0.15, -0.1) is 0 Å². The summed E-state index contributed by atoms with van der Waals surface area (Å²) in [6.45, 7) is 2.16. The number of hydrogen-bond acceptors (Lipinski definition) is 5. The number of carbonyl (C=O) groups excluding carboxylic acids is 3. The SMILES string of the molecule is CC(=O)Oc1cccc(C(=O)N2CCC(NC(=O)COc3ccc(Cl)cc3Cl)CC2)c1. The number of ether oxygens (including phenoxy) is 2. The third kappa shape index (κ3) is 6.60. The maximum absolute atomic E-state index is 12.7. The summed E-state index contributed by atoms with van der Waals surface area (Å²) >= 11 is 11.9. The van der Waals surface area contributed by atoms with Crippen molar-refractivity contribution in [2.24, 2.45) is 0 Å². The van der Waals surface area contributed by atoms with Gasteiger partial charge in [-0.3, -0.25) is 14.4 Å². The monoisotopic (exact) mass is 464 g/mol. The molecule has 0 bridgehead atoms. The predicted molar refractivity (Wildman–Crippen MR) is 117 cm³/mol. The van der Waals surface area contributed by atoms with E-state index < -0.39 is 5.97 Å². The maximum atomic E-state index is 12.7. The first-order valence-electron chi connectivity index (χ1n) is 9.77. The molecule has 1 saturated heterocycles. The lowest BCUT2D eigenvalue weighted by Gasteiger charge is -2.32. The summed E-state index contributed by atoms with van der Waals surface area (Å²) in [4.78, 5) is 37.8. The molecule has 1 N–H and O–H groups in total. The molecule has 0 aromatic heterocycles. The van der Waals surface area contributed by atoms with Gasteiger partial charge in [0.15, 0.2) is 6.61 Å². The molecule has 31 heavy (non-hydrogen) atoms. The van der Waals surface area contributed by atoms with Gasteiger partial charge in [0, 0.05) is 36.6 Å². The summed E-state index contributed by atoms with van der Waals surface area (Å²) in [5, 5.41) is 3.75. The van der Waals surface area contributed by atoms with Crippen LogP contribution in [0, 0.1) is 0 Å². The van der Waals surface area contributed by atoms with Gasteiger partial charge in [-0.05, 0) is 49.2 Å². The van der Waals surface area contributed by atoms with Crippen molar-refractivity contribution >= 4 is 41.0 Å². The fourth-order valence-corrected chi connectivity index (χ4v) is 3.74. The summed E-state index contributed by atoms with van der Waals surface area (Å²) in [7, 11) is 0. The number of piperidine rings is 1. The van der Waals surface area contributed by atoms with E-state index in [1.807, 2.05) is 0 Å². The van der Waals surface area contributed by atoms with Crippen molar-refractivity contribution in [3.05, 3.63) is 58.1 Å². The molecule has 1 heterocycles. The average Bonchev–Trinajstić information content (AvgIpc) is 2.73. The van der Waals surface area contributed by atoms with Crippen molar-refractivity contribution in [3.8, 4) is 11.5 Å². The highest BCUT2D eigenvalue weighted by atomic mass is 35.5. The van der Waals surface area contributed by atoms with Gasteiger partial charge < -0.3 is 19.7 Å². The van der Waals surface area contributed by atoms with Gasteiger partial charge in [-0.1, -0.05) is 29.3 Å². The number of likely N-dealkylation sites (tertiary alicyclic amines) is 1. The second-order valence-electron chi connectivity index (χ2n) is 7.12. The van der Waals surface area contributed by atoms with Crippen LogP contribution in [0.25, 0.3) is 0 Å². The topological polar surface area (TPSA) is 84.9 Å². The van der Waals surface area contributed by atoms with Crippen LogP contribution in [-0.2, 0) is 9.59 Å². The van der Waals surface area contributed by atoms with Crippen molar-refractivity contribution in [1.29, 1.82) is 0 Å². The predicted octanol–water partition coefficient (Wildman–Crippen LogP) is 3.72. The van der Waals surface area contributed by atoms with Crippen molar-refractivity contribution in [2.75, 3.05) is 19.7 Å². The highest BCUT2D eigenvalue weighted by Crippen LogP contribution is 2.27. The van der Waals surface area contributed by atoms with Crippen molar-refractivity contribution < 1.29 is 23.9 Å². The average molecular weight is 465 g/mol. The minimum absolute atomic E-state index is 0.0479. The van der Waals surface area contributed by atoms with Gasteiger partial charge >= 0.3 is 5.97 Å². The number of halogens is 2. The van der Waals surface area contributed by atoms with Crippen LogP contribution in [0.2, 0.25) is 10.0 Å². The Morgan fingerprint density at radius 1 is 1.10 bits per heavy atom. The Morgan fingerprint density at radius 3 is 2.52 bits per heavy atom. The molecule has 0 spiro atoms. The molecule has 7 nitrogen and oxygen atoms in total. The summed E-state index contributed by atoms with van der Waals surface area (Å²) < 4.78 is 10.5. The van der Waals surface area contributed by atoms with Crippen LogP contribution < -0.4 is 14.8 Å². The van der Waals surface area contributed by atoms with Crippen LogP contribution in [0.3, 0.4) is 0 Å². The normalized spacial score (nSPS) is 14.1. The number of benzene rings is 2. The number of nitrogens with one attached hydrogen (secondary N) is 1. The van der Waals surface area contributed by atoms with Gasteiger partial charge in [-0.2, -0.15) is 0 Å². The van der Waals surface area contributed by atoms with E-state index in [2.05, 4.69) is 5.32 Å². The van der Waals surface area contributed by atoms with Gasteiger partial charge in [0.2, 0.25) is 0 Å². The zero-order valence-corrected chi connectivity index (χ0v) is 18.4. The molecule has 0 saturated carbocycles. The Balaban J connectivity index is 1.46. The van der Waals surface area contributed by atoms with E-state index >= 15 is 0 Å². The van der Waals surface area contributed by atoms with Crippen LogP contribution in [-0.4, -0.2) is 48.4 Å². The molecule has 0 atom stereocenters. The van der Waals surface area contributed by atoms with E-state index in [0.717, 1.165) is 0 Å². The summed E-state index contributed by atoms with van der Waals surface area (Å²) in [6.07, 6.45) is 1.26. The van der Waals surface area contributed by atoms with Gasteiger partial charge in [0.25, 0.3) is 11.8 Å². The first kappa shape index (κ1) is 22.9. The second-order valence-corrected chi connectivity index (χ2v) is 7.96.